The number of hydrogen-bond acceptors (Lipinski definition) is 4. The number of nitrogens with zero attached hydrogens (tertiary/aromatic N) is 1. The molecule has 9 heteroatoms. The zero-order valence-corrected chi connectivity index (χ0v) is 16.3. The molecule has 0 aliphatic carbocycles. The van der Waals surface area contributed by atoms with Gasteiger partial charge in [-0.2, -0.15) is 0 Å². The first-order valence-corrected chi connectivity index (χ1v) is 9.83. The Balaban J connectivity index is 2.36. The third-order valence-electron chi connectivity index (χ3n) is 3.41. The Morgan fingerprint density at radius 1 is 1.12 bits per heavy atom. The lowest BCUT2D eigenvalue weighted by molar-refractivity contribution is -0.119. The van der Waals surface area contributed by atoms with Crippen LogP contribution >= 0.6 is 23.2 Å². The fourth-order valence-corrected chi connectivity index (χ4v) is 3.88. The van der Waals surface area contributed by atoms with Crippen LogP contribution in [0.15, 0.2) is 53.4 Å². The van der Waals surface area contributed by atoms with Crippen molar-refractivity contribution in [1.29, 1.82) is 0 Å². The largest absolute Gasteiger partial charge is 0.383 e. The Morgan fingerprint density at radius 2 is 1.81 bits per heavy atom. The third kappa shape index (κ3) is 5.35. The third-order valence-corrected chi connectivity index (χ3v) is 5.69. The molecular formula is C17H18Cl2N2O4S. The Bertz CT molecular complexity index is 857. The summed E-state index contributed by atoms with van der Waals surface area (Å²) >= 11 is 11.8. The lowest BCUT2D eigenvalue weighted by Gasteiger charge is -2.24. The van der Waals surface area contributed by atoms with Crippen molar-refractivity contribution in [2.75, 3.05) is 31.1 Å². The molecule has 0 saturated carbocycles. The lowest BCUT2D eigenvalue weighted by Crippen LogP contribution is -2.41. The molecular weight excluding hydrogens is 399 g/mol. The first-order valence-electron chi connectivity index (χ1n) is 7.64. The summed E-state index contributed by atoms with van der Waals surface area (Å²) in [6.07, 6.45) is 0. The Hall–Kier alpha value is -1.80. The summed E-state index contributed by atoms with van der Waals surface area (Å²) < 4.78 is 32.0. The van der Waals surface area contributed by atoms with Crippen molar-refractivity contribution in [1.82, 2.24) is 5.32 Å². The molecule has 0 spiro atoms. The minimum absolute atomic E-state index is 0.0200. The average molecular weight is 417 g/mol. The number of anilines is 1. The van der Waals surface area contributed by atoms with E-state index in [9.17, 15) is 13.2 Å². The van der Waals surface area contributed by atoms with Gasteiger partial charge in [0.2, 0.25) is 5.91 Å². The number of ether oxygens (including phenoxy) is 1. The maximum Gasteiger partial charge on any atom is 0.264 e. The maximum atomic E-state index is 13.1. The van der Waals surface area contributed by atoms with Crippen molar-refractivity contribution >= 4 is 44.8 Å². The summed E-state index contributed by atoms with van der Waals surface area (Å²) in [7, 11) is -2.48. The van der Waals surface area contributed by atoms with E-state index in [1.165, 1.54) is 37.4 Å². The highest BCUT2D eigenvalue weighted by atomic mass is 35.5. The summed E-state index contributed by atoms with van der Waals surface area (Å²) in [6.45, 7) is 0.210. The molecule has 0 aliphatic heterocycles. The molecule has 0 saturated heterocycles. The smallest absolute Gasteiger partial charge is 0.264 e. The van der Waals surface area contributed by atoms with Crippen LogP contribution in [-0.4, -0.2) is 41.1 Å². The lowest BCUT2D eigenvalue weighted by atomic mass is 10.3. The summed E-state index contributed by atoms with van der Waals surface area (Å²) in [5.41, 5.74) is 0.286. The predicted octanol–water partition coefficient (Wildman–Crippen LogP) is 2.95. The molecule has 2 aromatic rings. The van der Waals surface area contributed by atoms with Crippen molar-refractivity contribution in [2.24, 2.45) is 0 Å². The van der Waals surface area contributed by atoms with Gasteiger partial charge in [-0.05, 0) is 42.5 Å². The highest BCUT2D eigenvalue weighted by Gasteiger charge is 2.27. The number of rotatable bonds is 8. The molecule has 26 heavy (non-hydrogen) atoms. The highest BCUT2D eigenvalue weighted by Crippen LogP contribution is 2.26. The molecule has 140 valence electrons. The van der Waals surface area contributed by atoms with E-state index in [4.69, 9.17) is 27.9 Å². The Morgan fingerprint density at radius 3 is 2.42 bits per heavy atom. The van der Waals surface area contributed by atoms with Crippen LogP contribution in [0.25, 0.3) is 0 Å². The van der Waals surface area contributed by atoms with Crippen LogP contribution in [0.5, 0.6) is 0 Å². The van der Waals surface area contributed by atoms with Crippen LogP contribution in [0, 0.1) is 0 Å². The standard InChI is InChI=1S/C17H18Cl2N2O4S/c1-25-10-9-20-17(22)12-21(15-4-2-3-14(19)11-15)26(23,24)16-7-5-13(18)6-8-16/h2-8,11H,9-10,12H2,1H3,(H,20,22). The fraction of sp³-hybridized carbons (Fsp3) is 0.235. The average Bonchev–Trinajstić information content (AvgIpc) is 2.60. The zero-order chi connectivity index (χ0) is 19.2. The van der Waals surface area contributed by atoms with Gasteiger partial charge in [0.15, 0.2) is 0 Å². The topological polar surface area (TPSA) is 75.7 Å². The van der Waals surface area contributed by atoms with Crippen LogP contribution in [0.3, 0.4) is 0 Å². The molecule has 1 amide bonds. The number of halogens is 2. The van der Waals surface area contributed by atoms with Gasteiger partial charge in [-0.25, -0.2) is 8.42 Å². The number of carbonyl (C=O) groups is 1. The summed E-state index contributed by atoms with van der Waals surface area (Å²) in [4.78, 5) is 12.2. The van der Waals surface area contributed by atoms with Crippen LogP contribution < -0.4 is 9.62 Å². The monoisotopic (exact) mass is 416 g/mol. The van der Waals surface area contributed by atoms with Gasteiger partial charge in [0, 0.05) is 23.7 Å². The van der Waals surface area contributed by atoms with E-state index in [1.54, 1.807) is 18.2 Å². The van der Waals surface area contributed by atoms with E-state index in [0.29, 0.717) is 16.7 Å². The summed E-state index contributed by atoms with van der Waals surface area (Å²) in [5, 5.41) is 3.38. The second kappa shape index (κ2) is 9.23. The van der Waals surface area contributed by atoms with E-state index < -0.39 is 22.5 Å². The fourth-order valence-electron chi connectivity index (χ4n) is 2.16. The molecule has 0 bridgehead atoms. The van der Waals surface area contributed by atoms with E-state index in [0.717, 1.165) is 4.31 Å². The van der Waals surface area contributed by atoms with Gasteiger partial charge >= 0.3 is 0 Å². The summed E-state index contributed by atoms with van der Waals surface area (Å²) in [5.74, 6) is -0.459. The molecule has 0 fully saturated rings. The Kier molecular flexibility index (Phi) is 7.28. The van der Waals surface area contributed by atoms with Crippen LogP contribution in [0.1, 0.15) is 0 Å². The number of sulfonamides is 1. The predicted molar refractivity (Wildman–Crippen MR) is 102 cm³/mol. The quantitative estimate of drug-likeness (QED) is 0.671. The molecule has 0 atom stereocenters. The minimum Gasteiger partial charge on any atom is -0.383 e. The van der Waals surface area contributed by atoms with Crippen molar-refractivity contribution in [3.63, 3.8) is 0 Å². The number of methoxy groups -OCH3 is 1. The van der Waals surface area contributed by atoms with Gasteiger partial charge < -0.3 is 10.1 Å². The first kappa shape index (κ1) is 20.5. The Labute approximate surface area is 162 Å². The molecule has 0 unspecified atom stereocenters. The number of amides is 1. The number of nitrogens with one attached hydrogen (secondary N) is 1. The first-order chi connectivity index (χ1) is 12.3. The number of hydrogen-bond donors (Lipinski definition) is 1. The van der Waals surface area contributed by atoms with E-state index >= 15 is 0 Å². The summed E-state index contributed by atoms with van der Waals surface area (Å²) in [6, 6.07) is 12.0. The van der Waals surface area contributed by atoms with Crippen molar-refractivity contribution in [2.45, 2.75) is 4.90 Å². The molecule has 2 rings (SSSR count). The van der Waals surface area contributed by atoms with Gasteiger partial charge in [-0.1, -0.05) is 29.3 Å². The molecule has 1 N–H and O–H groups in total. The molecule has 0 aromatic heterocycles. The van der Waals surface area contributed by atoms with Gasteiger partial charge in [-0.3, -0.25) is 9.10 Å². The molecule has 2 aromatic carbocycles. The minimum atomic E-state index is -3.99. The van der Waals surface area contributed by atoms with Gasteiger partial charge in [0.05, 0.1) is 17.2 Å². The van der Waals surface area contributed by atoms with E-state index in [2.05, 4.69) is 5.32 Å². The van der Waals surface area contributed by atoms with E-state index in [1.807, 2.05) is 0 Å². The van der Waals surface area contributed by atoms with Crippen LogP contribution in [-0.2, 0) is 19.6 Å². The normalized spacial score (nSPS) is 11.2. The molecule has 0 radical (unpaired) electrons. The van der Waals surface area contributed by atoms with E-state index in [-0.39, 0.29) is 17.1 Å². The van der Waals surface area contributed by atoms with Crippen molar-refractivity contribution < 1.29 is 17.9 Å². The maximum absolute atomic E-state index is 13.1. The SMILES string of the molecule is COCCNC(=O)CN(c1cccc(Cl)c1)S(=O)(=O)c1ccc(Cl)cc1. The van der Waals surface area contributed by atoms with Crippen molar-refractivity contribution in [3.8, 4) is 0 Å². The second-order valence-electron chi connectivity index (χ2n) is 5.29. The molecule has 6 nitrogen and oxygen atoms in total. The second-order valence-corrected chi connectivity index (χ2v) is 8.02. The number of benzene rings is 2. The van der Waals surface area contributed by atoms with Gasteiger partial charge in [0.25, 0.3) is 10.0 Å². The highest BCUT2D eigenvalue weighted by molar-refractivity contribution is 7.92. The number of carbonyl (C=O) groups excluding carboxylic acids is 1. The van der Waals surface area contributed by atoms with Crippen molar-refractivity contribution in [3.05, 3.63) is 58.6 Å². The van der Waals surface area contributed by atoms with Crippen LogP contribution in [0.2, 0.25) is 10.0 Å². The molecule has 0 aliphatic rings. The molecule has 0 heterocycles. The van der Waals surface area contributed by atoms with Crippen LogP contribution in [0.4, 0.5) is 5.69 Å². The van der Waals surface area contributed by atoms with Gasteiger partial charge in [0.1, 0.15) is 6.54 Å². The van der Waals surface area contributed by atoms with Gasteiger partial charge in [-0.15, -0.1) is 0 Å². The zero-order valence-electron chi connectivity index (χ0n) is 14.0.